The van der Waals surface area contributed by atoms with Gasteiger partial charge in [-0.2, -0.15) is 10.4 Å². The van der Waals surface area contributed by atoms with E-state index >= 15 is 0 Å². The van der Waals surface area contributed by atoms with E-state index < -0.39 is 17.9 Å². The Balaban J connectivity index is 1.33. The number of carbonyl (C=O) groups excluding carboxylic acids is 2. The minimum Gasteiger partial charge on any atom is -0.489 e. The van der Waals surface area contributed by atoms with Crippen LogP contribution in [-0.2, 0) is 20.9 Å². The summed E-state index contributed by atoms with van der Waals surface area (Å²) in [6.45, 7) is 3.67. The molecule has 3 aromatic rings. The van der Waals surface area contributed by atoms with Crippen molar-refractivity contribution in [2.24, 2.45) is 5.10 Å². The molecule has 4 rings (SSSR count). The monoisotopic (exact) mass is 583 g/mol. The second-order valence-corrected chi connectivity index (χ2v) is 9.45. The highest BCUT2D eigenvalue weighted by atomic mass is 32.1. The molecule has 11 heteroatoms. The molecule has 0 saturated carbocycles. The van der Waals surface area contributed by atoms with Crippen LogP contribution in [0, 0.1) is 11.3 Å². The van der Waals surface area contributed by atoms with Crippen LogP contribution in [0.15, 0.2) is 89.2 Å². The Morgan fingerprint density at radius 2 is 1.81 bits per heavy atom. The predicted molar refractivity (Wildman–Crippen MR) is 161 cm³/mol. The maximum absolute atomic E-state index is 12.7. The van der Waals surface area contributed by atoms with E-state index in [2.05, 4.69) is 27.2 Å². The average molecular weight is 584 g/mol. The molecule has 0 unspecified atom stereocenters. The summed E-state index contributed by atoms with van der Waals surface area (Å²) in [5.41, 5.74) is 6.14. The standard InChI is InChI=1S/C31H29N5O5S/c1-3-39-30(38)28-20(2)34-31(42)35-29(28)25-10-6-7-11-26(25)41-19-27(37)36-33-17-21-12-14-24(15-13-21)40-18-23-9-5-4-8-22(23)16-32/h4-15,17,29H,3,18-19H2,1-2H3,(H,36,37)(H2,34,35,42)/t29-/m1/s1. The van der Waals surface area contributed by atoms with Gasteiger partial charge in [0.25, 0.3) is 5.91 Å². The largest absolute Gasteiger partial charge is 0.489 e. The predicted octanol–water partition coefficient (Wildman–Crippen LogP) is 4.02. The maximum Gasteiger partial charge on any atom is 0.338 e. The summed E-state index contributed by atoms with van der Waals surface area (Å²) >= 11 is 5.30. The van der Waals surface area contributed by atoms with Crippen molar-refractivity contribution >= 4 is 35.4 Å². The Morgan fingerprint density at radius 1 is 1.07 bits per heavy atom. The summed E-state index contributed by atoms with van der Waals surface area (Å²) in [5, 5.41) is 19.6. The lowest BCUT2D eigenvalue weighted by molar-refractivity contribution is -0.139. The van der Waals surface area contributed by atoms with Gasteiger partial charge in [-0.1, -0.05) is 36.4 Å². The lowest BCUT2D eigenvalue weighted by Crippen LogP contribution is -2.45. The molecule has 0 aromatic heterocycles. The van der Waals surface area contributed by atoms with E-state index in [4.69, 9.17) is 26.4 Å². The molecule has 214 valence electrons. The zero-order valence-electron chi connectivity index (χ0n) is 23.0. The van der Waals surface area contributed by atoms with Crippen molar-refractivity contribution in [1.29, 1.82) is 5.26 Å². The summed E-state index contributed by atoms with van der Waals surface area (Å²) in [4.78, 5) is 25.2. The number of esters is 1. The zero-order chi connectivity index (χ0) is 29.9. The molecule has 0 bridgehead atoms. The lowest BCUT2D eigenvalue weighted by atomic mass is 9.95. The first-order valence-electron chi connectivity index (χ1n) is 13.1. The molecule has 0 aliphatic carbocycles. The van der Waals surface area contributed by atoms with E-state index in [9.17, 15) is 14.9 Å². The molecule has 42 heavy (non-hydrogen) atoms. The van der Waals surface area contributed by atoms with Crippen LogP contribution < -0.4 is 25.5 Å². The summed E-state index contributed by atoms with van der Waals surface area (Å²) in [6.07, 6.45) is 1.50. The van der Waals surface area contributed by atoms with Crippen molar-refractivity contribution in [1.82, 2.24) is 16.1 Å². The number of carbonyl (C=O) groups is 2. The molecule has 0 radical (unpaired) electrons. The Bertz CT molecular complexity index is 1560. The van der Waals surface area contributed by atoms with Crippen LogP contribution in [0.4, 0.5) is 0 Å². The van der Waals surface area contributed by atoms with E-state index in [1.165, 1.54) is 6.21 Å². The summed E-state index contributed by atoms with van der Waals surface area (Å²) < 4.78 is 16.8. The second kappa shape index (κ2) is 14.4. The van der Waals surface area contributed by atoms with Gasteiger partial charge < -0.3 is 24.8 Å². The fraction of sp³-hybridized carbons (Fsp3) is 0.194. The summed E-state index contributed by atoms with van der Waals surface area (Å²) in [6, 6.07) is 23.0. The van der Waals surface area contributed by atoms with Crippen LogP contribution in [0.2, 0.25) is 0 Å². The van der Waals surface area contributed by atoms with Gasteiger partial charge in [0.05, 0.1) is 36.1 Å². The molecule has 1 heterocycles. The van der Waals surface area contributed by atoms with Crippen molar-refractivity contribution in [3.05, 3.63) is 106 Å². The minimum atomic E-state index is -0.622. The number of nitrogens with zero attached hydrogens (tertiary/aromatic N) is 2. The third-order valence-corrected chi connectivity index (χ3v) is 6.39. The van der Waals surface area contributed by atoms with Gasteiger partial charge >= 0.3 is 5.97 Å². The number of nitriles is 1. The van der Waals surface area contributed by atoms with Crippen LogP contribution in [0.5, 0.6) is 11.5 Å². The number of ether oxygens (including phenoxy) is 3. The molecule has 0 fully saturated rings. The number of benzene rings is 3. The fourth-order valence-corrected chi connectivity index (χ4v) is 4.45. The Morgan fingerprint density at radius 3 is 2.57 bits per heavy atom. The number of hydrazone groups is 1. The molecule has 1 aliphatic heterocycles. The van der Waals surface area contributed by atoms with Crippen LogP contribution in [0.25, 0.3) is 0 Å². The van der Waals surface area contributed by atoms with E-state index in [1.54, 1.807) is 68.4 Å². The van der Waals surface area contributed by atoms with E-state index in [1.807, 2.05) is 18.2 Å². The molecule has 0 spiro atoms. The van der Waals surface area contributed by atoms with Crippen molar-refractivity contribution in [2.45, 2.75) is 26.5 Å². The van der Waals surface area contributed by atoms with Crippen LogP contribution in [0.1, 0.15) is 42.1 Å². The Hall–Kier alpha value is -5.21. The third-order valence-electron chi connectivity index (χ3n) is 6.17. The van der Waals surface area contributed by atoms with Gasteiger partial charge in [0.2, 0.25) is 0 Å². The average Bonchev–Trinajstić information content (AvgIpc) is 2.99. The Kier molecular flexibility index (Phi) is 10.2. The van der Waals surface area contributed by atoms with Crippen molar-refractivity contribution < 1.29 is 23.8 Å². The van der Waals surface area contributed by atoms with Gasteiger partial charge in [0, 0.05) is 16.8 Å². The number of hydrogen-bond acceptors (Lipinski definition) is 8. The van der Waals surface area contributed by atoms with E-state index in [0.717, 1.165) is 11.1 Å². The number of amides is 1. The number of thiocarbonyl (C=S) groups is 1. The van der Waals surface area contributed by atoms with E-state index in [0.29, 0.717) is 39.0 Å². The van der Waals surface area contributed by atoms with Crippen molar-refractivity contribution in [3.8, 4) is 17.6 Å². The number of hydrogen-bond donors (Lipinski definition) is 3. The first-order valence-corrected chi connectivity index (χ1v) is 13.5. The topological polar surface area (TPSA) is 134 Å². The highest BCUT2D eigenvalue weighted by molar-refractivity contribution is 7.80. The Labute approximate surface area is 249 Å². The molecule has 0 saturated heterocycles. The lowest BCUT2D eigenvalue weighted by Gasteiger charge is -2.30. The molecule has 1 atom stereocenters. The van der Waals surface area contributed by atoms with Crippen LogP contribution >= 0.6 is 12.2 Å². The van der Waals surface area contributed by atoms with Gasteiger partial charge in [0.15, 0.2) is 11.7 Å². The van der Waals surface area contributed by atoms with E-state index in [-0.39, 0.29) is 19.8 Å². The van der Waals surface area contributed by atoms with Gasteiger partial charge in [0.1, 0.15) is 18.1 Å². The molecule has 1 aliphatic rings. The molecular weight excluding hydrogens is 554 g/mol. The third kappa shape index (κ3) is 7.71. The van der Waals surface area contributed by atoms with Crippen molar-refractivity contribution in [3.63, 3.8) is 0 Å². The molecule has 3 N–H and O–H groups in total. The zero-order valence-corrected chi connectivity index (χ0v) is 23.9. The molecule has 3 aromatic carbocycles. The van der Waals surface area contributed by atoms with Crippen LogP contribution in [-0.4, -0.2) is 36.4 Å². The van der Waals surface area contributed by atoms with Crippen molar-refractivity contribution in [2.75, 3.05) is 13.2 Å². The van der Waals surface area contributed by atoms with Gasteiger partial charge in [-0.3, -0.25) is 4.79 Å². The molecule has 10 nitrogen and oxygen atoms in total. The highest BCUT2D eigenvalue weighted by Gasteiger charge is 2.32. The molecular formula is C31H29N5O5S. The first-order chi connectivity index (χ1) is 20.4. The smallest absolute Gasteiger partial charge is 0.338 e. The maximum atomic E-state index is 12.7. The second-order valence-electron chi connectivity index (χ2n) is 9.04. The number of nitrogens with one attached hydrogen (secondary N) is 3. The van der Waals surface area contributed by atoms with Gasteiger partial charge in [-0.05, 0) is 68.0 Å². The summed E-state index contributed by atoms with van der Waals surface area (Å²) in [5.74, 6) is 0.0918. The summed E-state index contributed by atoms with van der Waals surface area (Å²) in [7, 11) is 0. The SMILES string of the molecule is CCOC(=O)C1=C(C)NC(=S)N[C@@H]1c1ccccc1OCC(=O)NN=Cc1ccc(OCc2ccccc2C#N)cc1. The number of allylic oxidation sites excluding steroid dienone is 1. The molecule has 1 amide bonds. The van der Waals surface area contributed by atoms with Gasteiger partial charge in [-0.25, -0.2) is 10.2 Å². The first kappa shape index (κ1) is 29.8. The van der Waals surface area contributed by atoms with Gasteiger partial charge in [-0.15, -0.1) is 0 Å². The quantitative estimate of drug-likeness (QED) is 0.132. The van der Waals surface area contributed by atoms with Crippen LogP contribution in [0.3, 0.4) is 0 Å². The minimum absolute atomic E-state index is 0.224. The normalized spacial score (nSPS) is 14.4. The number of rotatable bonds is 11. The number of para-hydroxylation sites is 1. The highest BCUT2D eigenvalue weighted by Crippen LogP contribution is 2.33. The fourth-order valence-electron chi connectivity index (χ4n) is 4.18.